The quantitative estimate of drug-likeness (QED) is 0.342. The van der Waals surface area contributed by atoms with E-state index in [1.54, 1.807) is 55.6 Å². The topological polar surface area (TPSA) is 124 Å². The summed E-state index contributed by atoms with van der Waals surface area (Å²) < 4.78 is 15.3. The van der Waals surface area contributed by atoms with Crippen LogP contribution in [0.25, 0.3) is 0 Å². The van der Waals surface area contributed by atoms with Gasteiger partial charge in [0.15, 0.2) is 6.61 Å². The molecule has 0 aliphatic heterocycles. The Balaban J connectivity index is 1.93. The van der Waals surface area contributed by atoms with Crippen LogP contribution < -0.4 is 15.8 Å². The van der Waals surface area contributed by atoms with Gasteiger partial charge in [-0.15, -0.1) is 0 Å². The van der Waals surface area contributed by atoms with Gasteiger partial charge in [-0.2, -0.15) is 0 Å². The fraction of sp³-hybridized carbons (Fsp3) is 0.250. The lowest BCUT2D eigenvalue weighted by Gasteiger charge is -2.17. The van der Waals surface area contributed by atoms with E-state index >= 15 is 0 Å². The van der Waals surface area contributed by atoms with E-state index in [1.165, 1.54) is 7.11 Å². The van der Waals surface area contributed by atoms with Crippen molar-refractivity contribution >= 4 is 17.7 Å². The second-order valence-electron chi connectivity index (χ2n) is 5.86. The van der Waals surface area contributed by atoms with Crippen molar-refractivity contribution in [3.63, 3.8) is 0 Å². The van der Waals surface area contributed by atoms with Crippen molar-refractivity contribution in [2.24, 2.45) is 5.73 Å². The van der Waals surface area contributed by atoms with Gasteiger partial charge in [0.1, 0.15) is 11.6 Å². The van der Waals surface area contributed by atoms with E-state index in [2.05, 4.69) is 10.1 Å². The molecule has 0 fully saturated rings. The lowest BCUT2D eigenvalue weighted by Crippen LogP contribution is -2.29. The van der Waals surface area contributed by atoms with E-state index in [-0.39, 0.29) is 31.0 Å². The number of nitrogen functional groups attached to an aromatic ring is 1. The van der Waals surface area contributed by atoms with Crippen molar-refractivity contribution in [1.29, 1.82) is 5.41 Å². The zero-order valence-corrected chi connectivity index (χ0v) is 15.7. The van der Waals surface area contributed by atoms with Crippen LogP contribution in [0.4, 0.5) is 0 Å². The molecule has 1 atom stereocenters. The van der Waals surface area contributed by atoms with Crippen molar-refractivity contribution in [2.75, 3.05) is 27.4 Å². The van der Waals surface area contributed by atoms with E-state index < -0.39 is 5.97 Å². The Morgan fingerprint density at radius 2 is 1.64 bits per heavy atom. The van der Waals surface area contributed by atoms with Crippen molar-refractivity contribution in [3.05, 3.63) is 65.2 Å². The summed E-state index contributed by atoms with van der Waals surface area (Å²) in [7, 11) is 2.85. The molecular formula is C20H23N3O5. The molecule has 4 N–H and O–H groups in total. The van der Waals surface area contributed by atoms with Gasteiger partial charge in [0, 0.05) is 24.8 Å². The summed E-state index contributed by atoms with van der Waals surface area (Å²) in [4.78, 5) is 23.4. The number of rotatable bonds is 9. The average molecular weight is 385 g/mol. The Kier molecular flexibility index (Phi) is 7.53. The van der Waals surface area contributed by atoms with Gasteiger partial charge >= 0.3 is 5.97 Å². The summed E-state index contributed by atoms with van der Waals surface area (Å²) in [6.45, 7) is 0.105. The zero-order chi connectivity index (χ0) is 20.5. The summed E-state index contributed by atoms with van der Waals surface area (Å²) in [5.41, 5.74) is 7.27. The molecule has 0 aliphatic rings. The normalized spacial score (nSPS) is 11.4. The molecule has 0 saturated carbocycles. The van der Waals surface area contributed by atoms with E-state index in [0.29, 0.717) is 16.9 Å². The molecule has 148 valence electrons. The first kappa shape index (κ1) is 20.9. The molecular weight excluding hydrogens is 362 g/mol. The number of esters is 1. The number of carbonyl (C=O) groups excluding carboxylic acids is 2. The van der Waals surface area contributed by atoms with Gasteiger partial charge in [-0.1, -0.05) is 24.3 Å². The number of benzene rings is 2. The monoisotopic (exact) mass is 385 g/mol. The molecule has 0 bridgehead atoms. The molecule has 0 heterocycles. The second kappa shape index (κ2) is 10.1. The van der Waals surface area contributed by atoms with E-state index in [9.17, 15) is 9.59 Å². The molecule has 8 nitrogen and oxygen atoms in total. The Morgan fingerprint density at radius 1 is 1.04 bits per heavy atom. The van der Waals surface area contributed by atoms with E-state index in [1.807, 2.05) is 0 Å². The van der Waals surface area contributed by atoms with Crippen LogP contribution in [0.1, 0.15) is 27.6 Å². The molecule has 0 spiro atoms. The third-order valence-electron chi connectivity index (χ3n) is 4.03. The van der Waals surface area contributed by atoms with E-state index in [4.69, 9.17) is 20.6 Å². The Morgan fingerprint density at radius 3 is 2.18 bits per heavy atom. The fourth-order valence-corrected chi connectivity index (χ4v) is 2.41. The van der Waals surface area contributed by atoms with Crippen LogP contribution in [0.15, 0.2) is 48.5 Å². The first-order chi connectivity index (χ1) is 13.4. The van der Waals surface area contributed by atoms with Crippen LogP contribution in [0, 0.1) is 5.41 Å². The number of amidine groups is 1. The summed E-state index contributed by atoms with van der Waals surface area (Å²) in [6, 6.07) is 13.5. The molecule has 2 aromatic carbocycles. The summed E-state index contributed by atoms with van der Waals surface area (Å²) in [5.74, 6) is -0.239. The molecule has 0 unspecified atom stereocenters. The highest BCUT2D eigenvalue weighted by molar-refractivity contribution is 5.98. The molecule has 2 rings (SSSR count). The van der Waals surface area contributed by atoms with Crippen LogP contribution >= 0.6 is 0 Å². The number of hydrogen-bond acceptors (Lipinski definition) is 6. The molecule has 0 saturated heterocycles. The third-order valence-corrected chi connectivity index (χ3v) is 4.03. The zero-order valence-electron chi connectivity index (χ0n) is 15.7. The highest BCUT2D eigenvalue weighted by Gasteiger charge is 2.14. The lowest BCUT2D eigenvalue weighted by molar-refractivity contribution is -0.142. The molecule has 1 amide bonds. The summed E-state index contributed by atoms with van der Waals surface area (Å²) in [6.07, 6.45) is -0.352. The number of hydrogen-bond donors (Lipinski definition) is 3. The first-order valence-corrected chi connectivity index (χ1v) is 8.49. The van der Waals surface area contributed by atoms with Crippen molar-refractivity contribution in [3.8, 4) is 5.75 Å². The Bertz CT molecular complexity index is 819. The number of nitrogens with two attached hydrogens (primary N) is 1. The summed E-state index contributed by atoms with van der Waals surface area (Å²) in [5, 5.41) is 10.2. The maximum Gasteiger partial charge on any atom is 0.343 e. The molecule has 8 heteroatoms. The predicted molar refractivity (Wildman–Crippen MR) is 103 cm³/mol. The average Bonchev–Trinajstić information content (AvgIpc) is 2.73. The van der Waals surface area contributed by atoms with Crippen LogP contribution in [0.5, 0.6) is 5.75 Å². The molecule has 0 aromatic heterocycles. The minimum atomic E-state index is -0.460. The molecule has 0 aliphatic carbocycles. The van der Waals surface area contributed by atoms with Crippen LogP contribution in [-0.2, 0) is 14.3 Å². The third kappa shape index (κ3) is 5.82. The highest BCUT2D eigenvalue weighted by atomic mass is 16.6. The standard InChI is InChI=1S/C20H23N3O5/c1-26-17(13-7-9-16(10-8-13)28-12-18(24)27-2)11-23-20(25)15-5-3-14(4-6-15)19(21)22/h3-10,17H,11-12H2,1-2H3,(H3,21,22)(H,23,25)/t17-/m1/s1. The molecule has 28 heavy (non-hydrogen) atoms. The van der Waals surface area contributed by atoms with Crippen molar-refractivity contribution in [1.82, 2.24) is 5.32 Å². The van der Waals surface area contributed by atoms with E-state index in [0.717, 1.165) is 5.56 Å². The maximum absolute atomic E-state index is 12.3. The van der Waals surface area contributed by atoms with Gasteiger partial charge in [-0.3, -0.25) is 10.2 Å². The van der Waals surface area contributed by atoms with Gasteiger partial charge in [0.25, 0.3) is 5.91 Å². The minimum Gasteiger partial charge on any atom is -0.482 e. The van der Waals surface area contributed by atoms with Crippen molar-refractivity contribution < 1.29 is 23.8 Å². The molecule has 2 aromatic rings. The predicted octanol–water partition coefficient (Wildman–Crippen LogP) is 1.64. The number of nitrogens with one attached hydrogen (secondary N) is 2. The van der Waals surface area contributed by atoms with Gasteiger partial charge < -0.3 is 25.3 Å². The first-order valence-electron chi connectivity index (χ1n) is 8.49. The SMILES string of the molecule is COC(=O)COc1ccc([C@@H](CNC(=O)c2ccc(C(=N)N)cc2)OC)cc1. The van der Waals surface area contributed by atoms with Crippen LogP contribution in [0.2, 0.25) is 0 Å². The maximum atomic E-state index is 12.3. The van der Waals surface area contributed by atoms with Gasteiger partial charge in [-0.05, 0) is 29.8 Å². The van der Waals surface area contributed by atoms with Crippen molar-refractivity contribution in [2.45, 2.75) is 6.10 Å². The smallest absolute Gasteiger partial charge is 0.343 e. The van der Waals surface area contributed by atoms with Crippen LogP contribution in [0.3, 0.4) is 0 Å². The molecule has 0 radical (unpaired) electrons. The Hall–Kier alpha value is -3.39. The largest absolute Gasteiger partial charge is 0.482 e. The number of ether oxygens (including phenoxy) is 3. The highest BCUT2D eigenvalue weighted by Crippen LogP contribution is 2.20. The van der Waals surface area contributed by atoms with Crippen LogP contribution in [-0.4, -0.2) is 45.1 Å². The number of amides is 1. The van der Waals surface area contributed by atoms with Gasteiger partial charge in [0.2, 0.25) is 0 Å². The number of methoxy groups -OCH3 is 2. The fourth-order valence-electron chi connectivity index (χ4n) is 2.41. The minimum absolute atomic E-state index is 0.0505. The summed E-state index contributed by atoms with van der Waals surface area (Å²) >= 11 is 0. The lowest BCUT2D eigenvalue weighted by atomic mass is 10.1. The van der Waals surface area contributed by atoms with Gasteiger partial charge in [-0.25, -0.2) is 4.79 Å². The second-order valence-corrected chi connectivity index (χ2v) is 5.86. The van der Waals surface area contributed by atoms with Gasteiger partial charge in [0.05, 0.1) is 13.2 Å². The Labute approximate surface area is 163 Å². The number of carbonyl (C=O) groups is 2.